The number of rotatable bonds is 7. The second-order valence-corrected chi connectivity index (χ2v) is 9.00. The van der Waals surface area contributed by atoms with Gasteiger partial charge in [0.05, 0.1) is 11.3 Å². The molecule has 174 valence electrons. The van der Waals surface area contributed by atoms with E-state index in [2.05, 4.69) is 4.98 Å². The van der Waals surface area contributed by atoms with Crippen LogP contribution in [-0.2, 0) is 16.0 Å². The lowest BCUT2D eigenvalue weighted by molar-refractivity contribution is -0.120. The van der Waals surface area contributed by atoms with Crippen molar-refractivity contribution in [1.82, 2.24) is 9.88 Å². The predicted molar refractivity (Wildman–Crippen MR) is 136 cm³/mol. The molecule has 1 aromatic heterocycles. The van der Waals surface area contributed by atoms with Crippen LogP contribution in [0.5, 0.6) is 0 Å². The monoisotopic (exact) mass is 453 g/mol. The Morgan fingerprint density at radius 2 is 1.50 bits per heavy atom. The number of anilines is 1. The van der Waals surface area contributed by atoms with Gasteiger partial charge in [0.25, 0.3) is 11.8 Å². The molecule has 1 aliphatic heterocycles. The van der Waals surface area contributed by atoms with E-state index < -0.39 is 0 Å². The van der Waals surface area contributed by atoms with Crippen molar-refractivity contribution >= 4 is 23.1 Å². The first kappa shape index (κ1) is 23.4. The molecular formula is C29H31N3O2. The van der Waals surface area contributed by atoms with Crippen LogP contribution in [0, 0.1) is 27.7 Å². The molecule has 5 nitrogen and oxygen atoms in total. The summed E-state index contributed by atoms with van der Waals surface area (Å²) in [6.07, 6.45) is 4.31. The standard InChI is InChI=1S/C29H31N3O2/c1-6-31(14-11-23-9-12-30-13-10-23)27-26(24-8-7-21(4)22(5)18-24)28(33)32(29(27)34)25-16-19(2)15-20(3)17-25/h7-10,12-13,15-18H,6,11,14H2,1-5H3. The highest BCUT2D eigenvalue weighted by Crippen LogP contribution is 2.36. The number of hydrogen-bond donors (Lipinski definition) is 0. The summed E-state index contributed by atoms with van der Waals surface area (Å²) in [6.45, 7) is 11.3. The van der Waals surface area contributed by atoms with Crippen molar-refractivity contribution in [1.29, 1.82) is 0 Å². The Balaban J connectivity index is 1.80. The smallest absolute Gasteiger partial charge is 0.282 e. The van der Waals surface area contributed by atoms with Gasteiger partial charge in [-0.1, -0.05) is 24.3 Å². The zero-order valence-electron chi connectivity index (χ0n) is 20.6. The van der Waals surface area contributed by atoms with Gasteiger partial charge in [-0.05, 0) is 98.7 Å². The molecule has 0 aliphatic carbocycles. The first-order valence-electron chi connectivity index (χ1n) is 11.7. The van der Waals surface area contributed by atoms with E-state index in [9.17, 15) is 9.59 Å². The van der Waals surface area contributed by atoms with Gasteiger partial charge in [0.2, 0.25) is 0 Å². The molecule has 0 N–H and O–H groups in total. The largest absolute Gasteiger partial charge is 0.366 e. The van der Waals surface area contributed by atoms with Gasteiger partial charge in [-0.25, -0.2) is 4.90 Å². The molecule has 1 aliphatic rings. The van der Waals surface area contributed by atoms with Gasteiger partial charge in [0, 0.05) is 25.5 Å². The fourth-order valence-electron chi connectivity index (χ4n) is 4.52. The van der Waals surface area contributed by atoms with Crippen molar-refractivity contribution in [2.24, 2.45) is 0 Å². The van der Waals surface area contributed by atoms with Crippen molar-refractivity contribution in [3.63, 3.8) is 0 Å². The summed E-state index contributed by atoms with van der Waals surface area (Å²) in [5.74, 6) is -0.532. The molecular weight excluding hydrogens is 422 g/mol. The minimum atomic E-state index is -0.268. The second-order valence-electron chi connectivity index (χ2n) is 9.00. The number of carbonyl (C=O) groups is 2. The summed E-state index contributed by atoms with van der Waals surface area (Å²) < 4.78 is 0. The maximum atomic E-state index is 13.9. The van der Waals surface area contributed by atoms with E-state index in [1.165, 1.54) is 4.90 Å². The van der Waals surface area contributed by atoms with Gasteiger partial charge in [0.15, 0.2) is 0 Å². The van der Waals surface area contributed by atoms with E-state index in [1.807, 2.05) is 88.0 Å². The molecule has 34 heavy (non-hydrogen) atoms. The molecule has 3 aromatic rings. The van der Waals surface area contributed by atoms with E-state index in [1.54, 1.807) is 12.4 Å². The van der Waals surface area contributed by atoms with Crippen LogP contribution in [0.3, 0.4) is 0 Å². The third kappa shape index (κ3) is 4.51. The molecule has 0 radical (unpaired) electrons. The molecule has 2 heterocycles. The van der Waals surface area contributed by atoms with Gasteiger partial charge in [0.1, 0.15) is 5.70 Å². The van der Waals surface area contributed by atoms with Crippen LogP contribution in [0.4, 0.5) is 5.69 Å². The van der Waals surface area contributed by atoms with Gasteiger partial charge in [-0.15, -0.1) is 0 Å². The quantitative estimate of drug-likeness (QED) is 0.464. The lowest BCUT2D eigenvalue weighted by Crippen LogP contribution is -2.36. The molecule has 0 fully saturated rings. The Bertz CT molecular complexity index is 1260. The van der Waals surface area contributed by atoms with E-state index in [-0.39, 0.29) is 11.8 Å². The van der Waals surface area contributed by atoms with E-state index >= 15 is 0 Å². The number of hydrogen-bond acceptors (Lipinski definition) is 4. The molecule has 2 aromatic carbocycles. The van der Waals surface area contributed by atoms with Crippen molar-refractivity contribution in [3.05, 3.63) is 100 Å². The number of amides is 2. The fourth-order valence-corrected chi connectivity index (χ4v) is 4.52. The topological polar surface area (TPSA) is 53.5 Å². The molecule has 2 amide bonds. The average molecular weight is 454 g/mol. The Hall–Kier alpha value is -3.73. The second kappa shape index (κ2) is 9.64. The number of pyridine rings is 1. The summed E-state index contributed by atoms with van der Waals surface area (Å²) in [6, 6.07) is 15.8. The van der Waals surface area contributed by atoms with Crippen LogP contribution < -0.4 is 4.90 Å². The van der Waals surface area contributed by atoms with Crippen LogP contribution in [0.15, 0.2) is 66.6 Å². The minimum absolute atomic E-state index is 0.264. The number of benzene rings is 2. The first-order chi connectivity index (χ1) is 16.3. The van der Waals surface area contributed by atoms with Crippen molar-refractivity contribution in [2.75, 3.05) is 18.0 Å². The third-order valence-corrected chi connectivity index (χ3v) is 6.44. The maximum Gasteiger partial charge on any atom is 0.282 e. The first-order valence-corrected chi connectivity index (χ1v) is 11.7. The summed E-state index contributed by atoms with van der Waals surface area (Å²) in [5, 5.41) is 0. The Labute approximate surface area is 201 Å². The number of carbonyl (C=O) groups excluding carboxylic acids is 2. The van der Waals surface area contributed by atoms with Crippen LogP contribution >= 0.6 is 0 Å². The van der Waals surface area contributed by atoms with E-state index in [0.29, 0.717) is 30.0 Å². The van der Waals surface area contributed by atoms with Crippen LogP contribution in [0.2, 0.25) is 0 Å². The summed E-state index contributed by atoms with van der Waals surface area (Å²) in [5.41, 5.74) is 7.77. The lowest BCUT2D eigenvalue weighted by atomic mass is 9.99. The van der Waals surface area contributed by atoms with E-state index in [0.717, 1.165) is 39.8 Å². The molecule has 5 heteroatoms. The Morgan fingerprint density at radius 3 is 2.12 bits per heavy atom. The molecule has 0 atom stereocenters. The average Bonchev–Trinajstić information content (AvgIpc) is 3.06. The summed E-state index contributed by atoms with van der Waals surface area (Å²) in [4.78, 5) is 35.2. The lowest BCUT2D eigenvalue weighted by Gasteiger charge is -2.25. The van der Waals surface area contributed by atoms with Gasteiger partial charge in [-0.2, -0.15) is 0 Å². The SMILES string of the molecule is CCN(CCc1ccncc1)C1=C(c2ccc(C)c(C)c2)C(=O)N(c2cc(C)cc(C)c2)C1=O. The summed E-state index contributed by atoms with van der Waals surface area (Å²) in [7, 11) is 0. The van der Waals surface area contributed by atoms with Gasteiger partial charge < -0.3 is 4.90 Å². The number of aryl methyl sites for hydroxylation is 4. The van der Waals surface area contributed by atoms with Gasteiger partial charge >= 0.3 is 0 Å². The number of imide groups is 1. The van der Waals surface area contributed by atoms with Crippen molar-refractivity contribution in [3.8, 4) is 0 Å². The zero-order valence-corrected chi connectivity index (χ0v) is 20.6. The van der Waals surface area contributed by atoms with Crippen LogP contribution in [0.1, 0.15) is 40.3 Å². The van der Waals surface area contributed by atoms with Gasteiger partial charge in [-0.3, -0.25) is 14.6 Å². The third-order valence-electron chi connectivity index (χ3n) is 6.44. The Kier molecular flexibility index (Phi) is 6.64. The van der Waals surface area contributed by atoms with Crippen molar-refractivity contribution in [2.45, 2.75) is 41.0 Å². The fraction of sp³-hybridized carbons (Fsp3) is 0.276. The van der Waals surface area contributed by atoms with Crippen molar-refractivity contribution < 1.29 is 9.59 Å². The number of likely N-dealkylation sites (N-methyl/N-ethyl adjacent to an activating group) is 1. The highest BCUT2D eigenvalue weighted by atomic mass is 16.2. The predicted octanol–water partition coefficient (Wildman–Crippen LogP) is 5.16. The maximum absolute atomic E-state index is 13.9. The van der Waals surface area contributed by atoms with Crippen LogP contribution in [0.25, 0.3) is 5.57 Å². The zero-order chi connectivity index (χ0) is 24.4. The molecule has 0 unspecified atom stereocenters. The molecule has 0 spiro atoms. The molecule has 0 bridgehead atoms. The summed E-state index contributed by atoms with van der Waals surface area (Å²) >= 11 is 0. The molecule has 0 saturated heterocycles. The normalized spacial score (nSPS) is 13.7. The minimum Gasteiger partial charge on any atom is -0.366 e. The number of aromatic nitrogens is 1. The highest BCUT2D eigenvalue weighted by Gasteiger charge is 2.42. The molecule has 4 rings (SSSR count). The highest BCUT2D eigenvalue weighted by molar-refractivity contribution is 6.45. The Morgan fingerprint density at radius 1 is 0.824 bits per heavy atom. The van der Waals surface area contributed by atoms with Crippen LogP contribution in [-0.4, -0.2) is 34.8 Å². The number of nitrogens with zero attached hydrogens (tertiary/aromatic N) is 3. The molecule has 0 saturated carbocycles. The van der Waals surface area contributed by atoms with E-state index in [4.69, 9.17) is 0 Å².